The first-order chi connectivity index (χ1) is 17.9. The van der Waals surface area contributed by atoms with Crippen molar-refractivity contribution in [3.05, 3.63) is 113 Å². The molecule has 5 rings (SSSR count). The SMILES string of the molecule is O=C(NCc1ccccc1)c1cnc(N2CCc3ccccc32)nc1OCc1ccc(C(F)(F)F)cc1. The molecule has 9 heteroatoms. The number of hydrogen-bond acceptors (Lipinski definition) is 5. The number of halogens is 3. The Morgan fingerprint density at radius 2 is 1.68 bits per heavy atom. The third-order valence-electron chi connectivity index (χ3n) is 6.07. The van der Waals surface area contributed by atoms with Crippen LogP contribution in [0.3, 0.4) is 0 Å². The molecule has 0 radical (unpaired) electrons. The molecule has 188 valence electrons. The van der Waals surface area contributed by atoms with E-state index in [0.717, 1.165) is 29.8 Å². The van der Waals surface area contributed by atoms with E-state index in [9.17, 15) is 18.0 Å². The number of carbonyl (C=O) groups excluding carboxylic acids is 1. The first kappa shape index (κ1) is 24.3. The highest BCUT2D eigenvalue weighted by Gasteiger charge is 2.30. The fourth-order valence-electron chi connectivity index (χ4n) is 4.11. The Kier molecular flexibility index (Phi) is 6.76. The van der Waals surface area contributed by atoms with Crippen molar-refractivity contribution in [2.45, 2.75) is 25.7 Å². The predicted molar refractivity (Wildman–Crippen MR) is 133 cm³/mol. The molecule has 1 aromatic heterocycles. The van der Waals surface area contributed by atoms with Gasteiger partial charge < -0.3 is 15.0 Å². The highest BCUT2D eigenvalue weighted by atomic mass is 19.4. The Morgan fingerprint density at radius 1 is 0.946 bits per heavy atom. The van der Waals surface area contributed by atoms with Crippen LogP contribution in [0.4, 0.5) is 24.8 Å². The van der Waals surface area contributed by atoms with E-state index in [0.29, 0.717) is 24.6 Å². The topological polar surface area (TPSA) is 67.4 Å². The van der Waals surface area contributed by atoms with Gasteiger partial charge in [-0.15, -0.1) is 0 Å². The molecule has 6 nitrogen and oxygen atoms in total. The number of aromatic nitrogens is 2. The fraction of sp³-hybridized carbons (Fsp3) is 0.179. The van der Waals surface area contributed by atoms with E-state index in [1.165, 1.54) is 23.9 Å². The molecule has 0 unspecified atom stereocenters. The average molecular weight is 505 g/mol. The summed E-state index contributed by atoms with van der Waals surface area (Å²) in [5, 5.41) is 2.85. The van der Waals surface area contributed by atoms with Crippen LogP contribution in [0.15, 0.2) is 85.1 Å². The number of amides is 1. The van der Waals surface area contributed by atoms with Gasteiger partial charge in [-0.2, -0.15) is 18.2 Å². The highest BCUT2D eigenvalue weighted by molar-refractivity contribution is 5.96. The third-order valence-corrected chi connectivity index (χ3v) is 6.07. The molecule has 0 spiro atoms. The van der Waals surface area contributed by atoms with Gasteiger partial charge in [-0.1, -0.05) is 60.7 Å². The molecule has 0 bridgehead atoms. The molecule has 0 aliphatic carbocycles. The van der Waals surface area contributed by atoms with Gasteiger partial charge in [0.15, 0.2) is 0 Å². The van der Waals surface area contributed by atoms with Crippen LogP contribution in [0, 0.1) is 0 Å². The van der Waals surface area contributed by atoms with Crippen LogP contribution in [0.25, 0.3) is 0 Å². The third kappa shape index (κ3) is 5.55. The molecule has 1 amide bonds. The number of alkyl halides is 3. The van der Waals surface area contributed by atoms with Crippen LogP contribution in [-0.4, -0.2) is 22.4 Å². The Labute approximate surface area is 211 Å². The molecule has 1 N–H and O–H groups in total. The summed E-state index contributed by atoms with van der Waals surface area (Å²) in [4.78, 5) is 24.0. The fourth-order valence-corrected chi connectivity index (χ4v) is 4.11. The first-order valence-corrected chi connectivity index (χ1v) is 11.7. The molecule has 37 heavy (non-hydrogen) atoms. The minimum Gasteiger partial charge on any atom is -0.472 e. The number of benzene rings is 3. The number of hydrogen-bond donors (Lipinski definition) is 1. The lowest BCUT2D eigenvalue weighted by Gasteiger charge is -2.19. The molecule has 1 aliphatic heterocycles. The van der Waals surface area contributed by atoms with Gasteiger partial charge in [0.1, 0.15) is 12.2 Å². The summed E-state index contributed by atoms with van der Waals surface area (Å²) in [6, 6.07) is 22.1. The van der Waals surface area contributed by atoms with Gasteiger partial charge in [-0.3, -0.25) is 4.79 Å². The van der Waals surface area contributed by atoms with Crippen LogP contribution in [0.2, 0.25) is 0 Å². The van der Waals surface area contributed by atoms with Gasteiger partial charge in [-0.25, -0.2) is 4.98 Å². The molecule has 0 atom stereocenters. The Hall–Kier alpha value is -4.40. The van der Waals surface area contributed by atoms with Gasteiger partial charge >= 0.3 is 6.18 Å². The summed E-state index contributed by atoms with van der Waals surface area (Å²) >= 11 is 0. The molecular formula is C28H23F3N4O2. The number of carbonyl (C=O) groups is 1. The van der Waals surface area contributed by atoms with Gasteiger partial charge in [0.05, 0.1) is 5.56 Å². The van der Waals surface area contributed by atoms with E-state index in [1.54, 1.807) is 0 Å². The number of nitrogens with one attached hydrogen (secondary N) is 1. The van der Waals surface area contributed by atoms with Crippen LogP contribution < -0.4 is 15.0 Å². The van der Waals surface area contributed by atoms with Crippen LogP contribution in [0.1, 0.15) is 32.6 Å². The van der Waals surface area contributed by atoms with Crippen molar-refractivity contribution in [2.75, 3.05) is 11.4 Å². The lowest BCUT2D eigenvalue weighted by atomic mass is 10.1. The van der Waals surface area contributed by atoms with E-state index in [2.05, 4.69) is 15.3 Å². The van der Waals surface area contributed by atoms with E-state index in [1.807, 2.05) is 59.5 Å². The monoisotopic (exact) mass is 504 g/mol. The van der Waals surface area contributed by atoms with Crippen LogP contribution in [-0.2, 0) is 25.7 Å². The number of anilines is 2. The maximum absolute atomic E-state index is 13.0. The quantitative estimate of drug-likeness (QED) is 0.350. The van der Waals surface area contributed by atoms with Crippen molar-refractivity contribution in [1.29, 1.82) is 0 Å². The highest BCUT2D eigenvalue weighted by Crippen LogP contribution is 2.34. The second-order valence-electron chi connectivity index (χ2n) is 8.57. The van der Waals surface area contributed by atoms with Crippen molar-refractivity contribution < 1.29 is 22.7 Å². The van der Waals surface area contributed by atoms with Crippen molar-refractivity contribution in [2.24, 2.45) is 0 Å². The zero-order valence-corrected chi connectivity index (χ0v) is 19.7. The molecule has 0 saturated heterocycles. The van der Waals surface area contributed by atoms with Crippen molar-refractivity contribution in [3.8, 4) is 5.88 Å². The average Bonchev–Trinajstić information content (AvgIpc) is 3.35. The van der Waals surface area contributed by atoms with E-state index in [-0.39, 0.29) is 18.1 Å². The molecule has 4 aromatic rings. The summed E-state index contributed by atoms with van der Waals surface area (Å²) < 4.78 is 44.6. The van der Waals surface area contributed by atoms with E-state index in [4.69, 9.17) is 4.74 Å². The Morgan fingerprint density at radius 3 is 2.43 bits per heavy atom. The van der Waals surface area contributed by atoms with Crippen molar-refractivity contribution >= 4 is 17.5 Å². The van der Waals surface area contributed by atoms with Crippen LogP contribution in [0.5, 0.6) is 5.88 Å². The molecule has 0 fully saturated rings. The lowest BCUT2D eigenvalue weighted by molar-refractivity contribution is -0.137. The second-order valence-corrected chi connectivity index (χ2v) is 8.57. The smallest absolute Gasteiger partial charge is 0.416 e. The Balaban J connectivity index is 1.39. The normalized spacial score (nSPS) is 12.8. The van der Waals surface area contributed by atoms with E-state index >= 15 is 0 Å². The summed E-state index contributed by atoms with van der Waals surface area (Å²) in [7, 11) is 0. The maximum Gasteiger partial charge on any atom is 0.416 e. The summed E-state index contributed by atoms with van der Waals surface area (Å²) in [6.45, 7) is 0.917. The Bertz CT molecular complexity index is 1390. The van der Waals surface area contributed by atoms with Crippen LogP contribution >= 0.6 is 0 Å². The van der Waals surface area contributed by atoms with E-state index < -0.39 is 17.6 Å². The summed E-state index contributed by atoms with van der Waals surface area (Å²) in [6.07, 6.45) is -2.16. The van der Waals surface area contributed by atoms with Gasteiger partial charge in [-0.05, 0) is 41.3 Å². The molecule has 1 aliphatic rings. The molecule has 3 aromatic carbocycles. The zero-order chi connectivity index (χ0) is 25.8. The molecule has 0 saturated carbocycles. The second kappa shape index (κ2) is 10.3. The largest absolute Gasteiger partial charge is 0.472 e. The number of rotatable bonds is 7. The van der Waals surface area contributed by atoms with Gasteiger partial charge in [0, 0.05) is 25.0 Å². The summed E-state index contributed by atoms with van der Waals surface area (Å²) in [5.41, 5.74) is 2.98. The minimum absolute atomic E-state index is 0.0554. The number of ether oxygens (including phenoxy) is 1. The number of fused-ring (bicyclic) bond motifs is 1. The van der Waals surface area contributed by atoms with Crippen molar-refractivity contribution in [3.63, 3.8) is 0 Å². The minimum atomic E-state index is -4.42. The predicted octanol–water partition coefficient (Wildman–Crippen LogP) is 5.70. The molecular weight excluding hydrogens is 481 g/mol. The van der Waals surface area contributed by atoms with Gasteiger partial charge in [0.25, 0.3) is 5.91 Å². The standard InChI is InChI=1S/C28H23F3N4O2/c29-28(30,31)22-12-10-20(11-13-22)18-37-26-23(25(36)32-16-19-6-2-1-3-7-19)17-33-27(34-26)35-15-14-21-8-4-5-9-24(21)35/h1-13,17H,14-16,18H2,(H,32,36). The zero-order valence-electron chi connectivity index (χ0n) is 19.7. The van der Waals surface area contributed by atoms with Gasteiger partial charge in [0.2, 0.25) is 11.8 Å². The number of nitrogens with zero attached hydrogens (tertiary/aromatic N) is 3. The molecule has 2 heterocycles. The maximum atomic E-state index is 13.0. The first-order valence-electron chi connectivity index (χ1n) is 11.7. The van der Waals surface area contributed by atoms with Crippen molar-refractivity contribution in [1.82, 2.24) is 15.3 Å². The lowest BCUT2D eigenvalue weighted by Crippen LogP contribution is -2.25. The number of para-hydroxylation sites is 1. The summed E-state index contributed by atoms with van der Waals surface area (Å²) in [5.74, 6) is 0.0199.